The zero-order chi connectivity index (χ0) is 20.4. The molecule has 0 saturated carbocycles. The van der Waals surface area contributed by atoms with Crippen LogP contribution in [0.5, 0.6) is 0 Å². The summed E-state index contributed by atoms with van der Waals surface area (Å²) in [7, 11) is -5.84. The fourth-order valence-electron chi connectivity index (χ4n) is 1.79. The predicted molar refractivity (Wildman–Crippen MR) is 92.4 cm³/mol. The van der Waals surface area contributed by atoms with Crippen molar-refractivity contribution in [3.8, 4) is 0 Å². The molecule has 0 aromatic rings. The fraction of sp³-hybridized carbons (Fsp3) is 0.588. The smallest absolute Gasteiger partial charge is 0.463 e. The minimum atomic E-state index is -5.84. The summed E-state index contributed by atoms with van der Waals surface area (Å²) in [6, 6.07) is 0. The first-order valence-electron chi connectivity index (χ1n) is 8.06. The molecule has 0 unspecified atom stereocenters. The summed E-state index contributed by atoms with van der Waals surface area (Å²) in [5.41, 5.74) is -3.39. The van der Waals surface area contributed by atoms with Gasteiger partial charge in [0.25, 0.3) is 0 Å². The number of carbonyl (C=O) groups is 1. The lowest BCUT2D eigenvalue weighted by atomic mass is 10.1. The zero-order valence-electron chi connectivity index (χ0n) is 15.4. The van der Waals surface area contributed by atoms with Crippen molar-refractivity contribution in [2.24, 2.45) is 0 Å². The molecular formula is C17H25F3O5S. The number of carbonyl (C=O) groups excluding carboxylic acids is 1. The van der Waals surface area contributed by atoms with Crippen molar-refractivity contribution in [3.63, 3.8) is 0 Å². The van der Waals surface area contributed by atoms with Gasteiger partial charge < -0.3 is 8.92 Å². The van der Waals surface area contributed by atoms with Crippen LogP contribution in [0.2, 0.25) is 0 Å². The molecule has 0 fully saturated rings. The molecule has 0 aromatic heterocycles. The van der Waals surface area contributed by atoms with E-state index in [1.165, 1.54) is 12.5 Å². The molecular weight excluding hydrogens is 373 g/mol. The average Bonchev–Trinajstić information content (AvgIpc) is 2.45. The van der Waals surface area contributed by atoms with E-state index in [1.807, 2.05) is 20.8 Å². The maximum Gasteiger partial charge on any atom is 0.534 e. The van der Waals surface area contributed by atoms with Gasteiger partial charge >= 0.3 is 21.6 Å². The van der Waals surface area contributed by atoms with E-state index in [1.54, 1.807) is 6.08 Å². The number of hydrogen-bond donors (Lipinski definition) is 0. The van der Waals surface area contributed by atoms with Crippen LogP contribution >= 0.6 is 0 Å². The van der Waals surface area contributed by atoms with E-state index in [-0.39, 0.29) is 19.4 Å². The van der Waals surface area contributed by atoms with E-state index in [0.29, 0.717) is 6.08 Å². The molecule has 150 valence electrons. The van der Waals surface area contributed by atoms with Crippen LogP contribution in [0.1, 0.15) is 53.4 Å². The van der Waals surface area contributed by atoms with Gasteiger partial charge in [0.1, 0.15) is 5.76 Å². The highest BCUT2D eigenvalue weighted by Gasteiger charge is 2.48. The van der Waals surface area contributed by atoms with Crippen LogP contribution in [-0.2, 0) is 23.8 Å². The lowest BCUT2D eigenvalue weighted by Crippen LogP contribution is -2.25. The molecule has 0 spiro atoms. The number of hydrogen-bond acceptors (Lipinski definition) is 5. The van der Waals surface area contributed by atoms with Crippen LogP contribution < -0.4 is 0 Å². The molecule has 26 heavy (non-hydrogen) atoms. The van der Waals surface area contributed by atoms with E-state index >= 15 is 0 Å². The molecule has 9 heteroatoms. The molecule has 0 atom stereocenters. The van der Waals surface area contributed by atoms with Crippen molar-refractivity contribution in [3.05, 3.63) is 35.1 Å². The Morgan fingerprint density at radius 2 is 1.62 bits per heavy atom. The van der Waals surface area contributed by atoms with Gasteiger partial charge in [-0.25, -0.2) is 4.79 Å². The van der Waals surface area contributed by atoms with E-state index in [9.17, 15) is 26.4 Å². The van der Waals surface area contributed by atoms with Gasteiger partial charge in [-0.2, -0.15) is 21.6 Å². The van der Waals surface area contributed by atoms with Crippen molar-refractivity contribution in [1.82, 2.24) is 0 Å². The van der Waals surface area contributed by atoms with Gasteiger partial charge in [-0.3, -0.25) is 0 Å². The molecule has 0 aliphatic rings. The highest BCUT2D eigenvalue weighted by molar-refractivity contribution is 7.87. The van der Waals surface area contributed by atoms with Gasteiger partial charge in [0.15, 0.2) is 0 Å². The molecule has 0 amide bonds. The van der Waals surface area contributed by atoms with Gasteiger partial charge in [0.2, 0.25) is 0 Å². The predicted octanol–water partition coefficient (Wildman–Crippen LogP) is 4.77. The summed E-state index contributed by atoms with van der Waals surface area (Å²) in [5.74, 6) is -1.58. The highest BCUT2D eigenvalue weighted by atomic mass is 32.2. The van der Waals surface area contributed by atoms with E-state index < -0.39 is 27.4 Å². The molecule has 0 radical (unpaired) electrons. The third-order valence-electron chi connectivity index (χ3n) is 3.04. The van der Waals surface area contributed by atoms with Crippen molar-refractivity contribution in [1.29, 1.82) is 0 Å². The van der Waals surface area contributed by atoms with E-state index in [0.717, 1.165) is 18.4 Å². The molecule has 0 aromatic carbocycles. The van der Waals surface area contributed by atoms with Gasteiger partial charge in [-0.05, 0) is 47.0 Å². The third kappa shape index (κ3) is 10.3. The van der Waals surface area contributed by atoms with Crippen LogP contribution in [0.4, 0.5) is 13.2 Å². The second-order valence-electron chi connectivity index (χ2n) is 5.76. The van der Waals surface area contributed by atoms with Crippen molar-refractivity contribution in [2.45, 2.75) is 58.9 Å². The molecule has 0 N–H and O–H groups in total. The molecule has 5 nitrogen and oxygen atoms in total. The standard InChI is InChI=1S/C17H25F3O5S/c1-5-24-16(21)12-15(25-26(22,23)17(18,19)20)11-7-10-14(4)9-6-8-13(2)3/h8,10,12H,5-7,9,11H2,1-4H3/b14-10-,15-12-. The first-order chi connectivity index (χ1) is 11.9. The lowest BCUT2D eigenvalue weighted by molar-refractivity contribution is -0.137. The first-order valence-corrected chi connectivity index (χ1v) is 9.47. The van der Waals surface area contributed by atoms with Gasteiger partial charge in [0, 0.05) is 6.42 Å². The molecule has 0 aliphatic heterocycles. The number of rotatable bonds is 10. The Hall–Kier alpha value is -1.77. The van der Waals surface area contributed by atoms with Crippen LogP contribution in [0.3, 0.4) is 0 Å². The average molecular weight is 398 g/mol. The number of allylic oxidation sites excluding steroid dienone is 5. The summed E-state index contributed by atoms with van der Waals surface area (Å²) in [5, 5.41) is 0. The second kappa shape index (κ2) is 11.1. The molecule has 0 saturated heterocycles. The van der Waals surface area contributed by atoms with Crippen LogP contribution in [0.15, 0.2) is 35.1 Å². The normalized spacial score (nSPS) is 13.3. The Morgan fingerprint density at radius 1 is 1.04 bits per heavy atom. The minimum absolute atomic E-state index is 0.00198. The number of alkyl halides is 3. The Morgan fingerprint density at radius 3 is 2.12 bits per heavy atom. The highest BCUT2D eigenvalue weighted by Crippen LogP contribution is 2.28. The Bertz CT molecular complexity index is 654. The Labute approximate surface area is 152 Å². The third-order valence-corrected chi connectivity index (χ3v) is 4.04. The first kappa shape index (κ1) is 24.2. The zero-order valence-corrected chi connectivity index (χ0v) is 16.2. The van der Waals surface area contributed by atoms with E-state index in [2.05, 4.69) is 15.0 Å². The quantitative estimate of drug-likeness (QED) is 0.132. The second-order valence-corrected chi connectivity index (χ2v) is 7.29. The van der Waals surface area contributed by atoms with E-state index in [4.69, 9.17) is 0 Å². The maximum absolute atomic E-state index is 12.5. The van der Waals surface area contributed by atoms with Crippen molar-refractivity contribution >= 4 is 16.1 Å². The molecule has 0 rings (SSSR count). The monoisotopic (exact) mass is 398 g/mol. The Balaban J connectivity index is 5.04. The number of halogens is 3. The summed E-state index contributed by atoms with van der Waals surface area (Å²) < 4.78 is 68.3. The molecule has 0 bridgehead atoms. The number of ether oxygens (including phenoxy) is 1. The van der Waals surface area contributed by atoms with Crippen LogP contribution in [-0.4, -0.2) is 26.5 Å². The van der Waals surface area contributed by atoms with Gasteiger partial charge in [0.05, 0.1) is 12.7 Å². The van der Waals surface area contributed by atoms with Gasteiger partial charge in [-0.15, -0.1) is 0 Å². The largest absolute Gasteiger partial charge is 0.534 e. The van der Waals surface area contributed by atoms with Crippen LogP contribution in [0, 0.1) is 0 Å². The topological polar surface area (TPSA) is 69.7 Å². The minimum Gasteiger partial charge on any atom is -0.463 e. The lowest BCUT2D eigenvalue weighted by Gasteiger charge is -2.12. The van der Waals surface area contributed by atoms with Crippen molar-refractivity contribution in [2.75, 3.05) is 6.61 Å². The summed E-state index contributed by atoms with van der Waals surface area (Å²) in [6.07, 6.45) is 6.08. The van der Waals surface area contributed by atoms with Gasteiger partial charge in [-0.1, -0.05) is 23.3 Å². The summed E-state index contributed by atoms with van der Waals surface area (Å²) >= 11 is 0. The Kier molecular flexibility index (Phi) is 10.3. The number of esters is 1. The fourth-order valence-corrected chi connectivity index (χ4v) is 2.30. The molecule has 0 heterocycles. The maximum atomic E-state index is 12.5. The van der Waals surface area contributed by atoms with Crippen molar-refractivity contribution < 1.29 is 35.3 Å². The SMILES string of the molecule is CCOC(=O)/C=C(/CC/C=C(/C)CCC=C(C)C)OS(=O)(=O)C(F)(F)F. The summed E-state index contributed by atoms with van der Waals surface area (Å²) in [6.45, 7) is 7.32. The van der Waals surface area contributed by atoms with Crippen LogP contribution in [0.25, 0.3) is 0 Å². The summed E-state index contributed by atoms with van der Waals surface area (Å²) in [4.78, 5) is 11.4. The molecule has 0 aliphatic carbocycles.